The Morgan fingerprint density at radius 1 is 0.905 bits per heavy atom. The maximum Gasteiger partial charge on any atom is 0.158 e. The Hall–Kier alpha value is -1.11. The molecule has 1 nitrogen and oxygen atoms in total. The van der Waals surface area contributed by atoms with E-state index in [1.165, 1.54) is 16.7 Å². The first-order valence-corrected chi connectivity index (χ1v) is 8.42. The molecule has 1 aliphatic carbocycles. The zero-order chi connectivity index (χ0) is 15.8. The Balaban J connectivity index is 2.90. The second-order valence-corrected chi connectivity index (χ2v) is 6.96. The first kappa shape index (κ1) is 17.9. The Morgan fingerprint density at radius 3 is 2.00 bits per heavy atom. The molecule has 1 rings (SSSR count). The van der Waals surface area contributed by atoms with Crippen molar-refractivity contribution in [1.29, 1.82) is 0 Å². The summed E-state index contributed by atoms with van der Waals surface area (Å²) in [6, 6.07) is 0. The van der Waals surface area contributed by atoms with E-state index in [-0.39, 0.29) is 5.92 Å². The number of allylic oxidation sites excluding steroid dienone is 6. The predicted octanol–water partition coefficient (Wildman–Crippen LogP) is 6.02. The lowest BCUT2D eigenvalue weighted by atomic mass is 9.85. The van der Waals surface area contributed by atoms with E-state index in [0.29, 0.717) is 11.7 Å². The lowest BCUT2D eigenvalue weighted by Gasteiger charge is -2.19. The first-order chi connectivity index (χ1) is 9.90. The third-order valence-electron chi connectivity index (χ3n) is 4.47. The highest BCUT2D eigenvalue weighted by Gasteiger charge is 2.20. The third kappa shape index (κ3) is 6.93. The fourth-order valence-electron chi connectivity index (χ4n) is 2.91. The molecule has 1 heteroatoms. The van der Waals surface area contributed by atoms with Gasteiger partial charge in [-0.15, -0.1) is 0 Å². The molecule has 0 saturated heterocycles. The summed E-state index contributed by atoms with van der Waals surface area (Å²) >= 11 is 0. The van der Waals surface area contributed by atoms with Gasteiger partial charge in [-0.05, 0) is 71.3 Å². The molecule has 0 aromatic heterocycles. The minimum atomic E-state index is 0.170. The number of hydrogen-bond acceptors (Lipinski definition) is 1. The molecular formula is C20H32O. The molecule has 1 aliphatic rings. The van der Waals surface area contributed by atoms with Crippen LogP contribution in [0.4, 0.5) is 0 Å². The normalized spacial score (nSPS) is 30.7. The minimum Gasteiger partial charge on any atom is -0.295 e. The molecule has 0 radical (unpaired) electrons. The van der Waals surface area contributed by atoms with Crippen LogP contribution in [0.3, 0.4) is 0 Å². The quantitative estimate of drug-likeness (QED) is 0.539. The topological polar surface area (TPSA) is 17.1 Å². The SMILES string of the molecule is C/C1=C/C(=O)C(C(C)C)CC/C(C)=C\CC/C(C)=C/CC1. The summed E-state index contributed by atoms with van der Waals surface area (Å²) in [7, 11) is 0. The molecule has 0 amide bonds. The highest BCUT2D eigenvalue weighted by atomic mass is 16.1. The maximum atomic E-state index is 12.5. The van der Waals surface area contributed by atoms with E-state index in [1.807, 2.05) is 6.08 Å². The molecule has 1 unspecified atom stereocenters. The molecule has 21 heavy (non-hydrogen) atoms. The van der Waals surface area contributed by atoms with Crippen LogP contribution in [-0.2, 0) is 4.79 Å². The van der Waals surface area contributed by atoms with Gasteiger partial charge in [0.25, 0.3) is 0 Å². The lowest BCUT2D eigenvalue weighted by Crippen LogP contribution is -2.19. The van der Waals surface area contributed by atoms with Crippen LogP contribution in [0.2, 0.25) is 0 Å². The molecule has 0 saturated carbocycles. The summed E-state index contributed by atoms with van der Waals surface area (Å²) in [5.74, 6) is 0.918. The summed E-state index contributed by atoms with van der Waals surface area (Å²) < 4.78 is 0. The van der Waals surface area contributed by atoms with Crippen molar-refractivity contribution < 1.29 is 4.79 Å². The number of carbonyl (C=O) groups is 1. The third-order valence-corrected chi connectivity index (χ3v) is 4.47. The van der Waals surface area contributed by atoms with Crippen LogP contribution in [0.15, 0.2) is 34.9 Å². The summed E-state index contributed by atoms with van der Waals surface area (Å²) in [5.41, 5.74) is 4.12. The zero-order valence-electron chi connectivity index (χ0n) is 14.5. The second-order valence-electron chi connectivity index (χ2n) is 6.96. The number of rotatable bonds is 1. The van der Waals surface area contributed by atoms with Gasteiger partial charge in [0.15, 0.2) is 5.78 Å². The van der Waals surface area contributed by atoms with Crippen molar-refractivity contribution in [3.63, 3.8) is 0 Å². The van der Waals surface area contributed by atoms with Crippen molar-refractivity contribution in [1.82, 2.24) is 0 Å². The molecule has 1 atom stereocenters. The van der Waals surface area contributed by atoms with Gasteiger partial charge in [-0.25, -0.2) is 0 Å². The highest BCUT2D eigenvalue weighted by Crippen LogP contribution is 2.23. The van der Waals surface area contributed by atoms with Gasteiger partial charge in [0.1, 0.15) is 0 Å². The van der Waals surface area contributed by atoms with Gasteiger partial charge in [0, 0.05) is 5.92 Å². The average molecular weight is 288 g/mol. The molecule has 118 valence electrons. The van der Waals surface area contributed by atoms with Gasteiger partial charge >= 0.3 is 0 Å². The van der Waals surface area contributed by atoms with E-state index in [2.05, 4.69) is 46.8 Å². The molecule has 0 heterocycles. The molecule has 0 spiro atoms. The van der Waals surface area contributed by atoms with Gasteiger partial charge in [0.05, 0.1) is 0 Å². The van der Waals surface area contributed by atoms with E-state index in [0.717, 1.165) is 38.5 Å². The molecular weight excluding hydrogens is 256 g/mol. The van der Waals surface area contributed by atoms with Crippen molar-refractivity contribution in [3.8, 4) is 0 Å². The van der Waals surface area contributed by atoms with Gasteiger partial charge in [-0.2, -0.15) is 0 Å². The smallest absolute Gasteiger partial charge is 0.158 e. The van der Waals surface area contributed by atoms with Gasteiger partial charge in [0.2, 0.25) is 0 Å². The summed E-state index contributed by atoms with van der Waals surface area (Å²) in [6.07, 6.45) is 13.0. The van der Waals surface area contributed by atoms with Gasteiger partial charge < -0.3 is 0 Å². The minimum absolute atomic E-state index is 0.170. The number of ketones is 1. The molecule has 0 aliphatic heterocycles. The van der Waals surface area contributed by atoms with Crippen LogP contribution < -0.4 is 0 Å². The fourth-order valence-corrected chi connectivity index (χ4v) is 2.91. The Labute approximate surface area is 131 Å². The number of hydrogen-bond donors (Lipinski definition) is 0. The van der Waals surface area contributed by atoms with Crippen molar-refractivity contribution >= 4 is 5.78 Å². The molecule has 0 aromatic carbocycles. The summed E-state index contributed by atoms with van der Waals surface area (Å²) in [4.78, 5) is 12.5. The second kappa shape index (κ2) is 9.02. The van der Waals surface area contributed by atoms with E-state index in [9.17, 15) is 4.79 Å². The fraction of sp³-hybridized carbons (Fsp3) is 0.650. The van der Waals surface area contributed by atoms with Crippen LogP contribution in [0.1, 0.15) is 73.1 Å². The van der Waals surface area contributed by atoms with Crippen molar-refractivity contribution in [2.45, 2.75) is 73.1 Å². The van der Waals surface area contributed by atoms with E-state index in [1.54, 1.807) is 0 Å². The highest BCUT2D eigenvalue weighted by molar-refractivity contribution is 5.92. The van der Waals surface area contributed by atoms with E-state index >= 15 is 0 Å². The molecule has 0 aromatic rings. The maximum absolute atomic E-state index is 12.5. The zero-order valence-corrected chi connectivity index (χ0v) is 14.5. The van der Waals surface area contributed by atoms with Gasteiger partial charge in [-0.1, -0.05) is 42.7 Å². The van der Waals surface area contributed by atoms with Crippen LogP contribution in [0, 0.1) is 11.8 Å². The van der Waals surface area contributed by atoms with Crippen LogP contribution in [0.5, 0.6) is 0 Å². The Bertz CT molecular complexity index is 435. The summed E-state index contributed by atoms with van der Waals surface area (Å²) in [6.45, 7) is 10.8. The van der Waals surface area contributed by atoms with Crippen molar-refractivity contribution in [2.24, 2.45) is 11.8 Å². The average Bonchev–Trinajstić information content (AvgIpc) is 2.37. The lowest BCUT2D eigenvalue weighted by molar-refractivity contribution is -0.119. The Kier molecular flexibility index (Phi) is 7.71. The largest absolute Gasteiger partial charge is 0.295 e. The van der Waals surface area contributed by atoms with Gasteiger partial charge in [-0.3, -0.25) is 4.79 Å². The van der Waals surface area contributed by atoms with E-state index in [4.69, 9.17) is 0 Å². The standard InChI is InChI=1S/C20H32O/c1-15(2)19-13-12-17(4)10-6-8-16(3)9-7-11-18(5)14-20(19)21/h9-10,14-15,19H,6-8,11-13H2,1-5H3/b16-9+,17-10-,18-14-. The number of carbonyl (C=O) groups excluding carboxylic acids is 1. The van der Waals surface area contributed by atoms with Crippen molar-refractivity contribution in [3.05, 3.63) is 34.9 Å². The molecule has 0 N–H and O–H groups in total. The van der Waals surface area contributed by atoms with Crippen LogP contribution >= 0.6 is 0 Å². The first-order valence-electron chi connectivity index (χ1n) is 8.42. The van der Waals surface area contributed by atoms with E-state index < -0.39 is 0 Å². The van der Waals surface area contributed by atoms with Crippen molar-refractivity contribution in [2.75, 3.05) is 0 Å². The Morgan fingerprint density at radius 2 is 1.43 bits per heavy atom. The molecule has 0 fully saturated rings. The van der Waals surface area contributed by atoms with Crippen LogP contribution in [-0.4, -0.2) is 5.78 Å². The predicted molar refractivity (Wildman–Crippen MR) is 92.3 cm³/mol. The monoisotopic (exact) mass is 288 g/mol. The van der Waals surface area contributed by atoms with Crippen LogP contribution in [0.25, 0.3) is 0 Å². The molecule has 0 bridgehead atoms. The summed E-state index contributed by atoms with van der Waals surface area (Å²) in [5, 5.41) is 0.